The van der Waals surface area contributed by atoms with Gasteiger partial charge in [0.15, 0.2) is 0 Å². The second-order valence-electron chi connectivity index (χ2n) is 17.3. The van der Waals surface area contributed by atoms with Gasteiger partial charge >= 0.3 is 13.8 Å². The smallest absolute Gasteiger partial charge is 0.457 e. The van der Waals surface area contributed by atoms with Crippen LogP contribution >= 0.6 is 7.82 Å². The second-order valence-corrected chi connectivity index (χ2v) is 18.7. The molecule has 0 heterocycles. The van der Waals surface area contributed by atoms with Crippen LogP contribution in [0.5, 0.6) is 0 Å². The molecule has 13 heteroatoms. The molecule has 1 saturated carbocycles. The van der Waals surface area contributed by atoms with Crippen LogP contribution in [0.4, 0.5) is 0 Å². The van der Waals surface area contributed by atoms with E-state index in [-0.39, 0.29) is 13.0 Å². The average Bonchev–Trinajstić information content (AvgIpc) is 3.28. The molecule has 372 valence electrons. The van der Waals surface area contributed by atoms with Gasteiger partial charge in [0, 0.05) is 13.0 Å². The second kappa shape index (κ2) is 41.2. The highest BCUT2D eigenvalue weighted by molar-refractivity contribution is 7.47. The predicted molar refractivity (Wildman–Crippen MR) is 258 cm³/mol. The van der Waals surface area contributed by atoms with E-state index in [9.17, 15) is 39.8 Å². The molecule has 64 heavy (non-hydrogen) atoms. The Kier molecular flexibility index (Phi) is 38.7. The van der Waals surface area contributed by atoms with Crippen LogP contribution in [-0.4, -0.2) is 98.9 Å². The Morgan fingerprint density at radius 2 is 0.922 bits per heavy atom. The Bertz CT molecular complexity index is 1290. The number of unbranched alkanes of at least 4 members (excludes halogenated alkanes) is 20. The molecule has 0 aromatic heterocycles. The third-order valence-corrected chi connectivity index (χ3v) is 12.4. The molecule has 1 rings (SSSR count). The van der Waals surface area contributed by atoms with Gasteiger partial charge in [-0.05, 0) is 77.0 Å². The molecule has 6 N–H and O–H groups in total. The molecular weight excluding hydrogens is 836 g/mol. The van der Waals surface area contributed by atoms with Gasteiger partial charge < -0.3 is 39.9 Å². The summed E-state index contributed by atoms with van der Waals surface area (Å²) in [6.07, 6.45) is 40.2. The van der Waals surface area contributed by atoms with Crippen molar-refractivity contribution in [2.45, 2.75) is 236 Å². The number of carbonyl (C=O) groups excluding carboxylic acids is 1. The lowest BCUT2D eigenvalue weighted by atomic mass is 9.85. The van der Waals surface area contributed by atoms with Gasteiger partial charge in [0.05, 0.1) is 13.2 Å². The van der Waals surface area contributed by atoms with E-state index < -0.39 is 63.1 Å². The summed E-state index contributed by atoms with van der Waals surface area (Å²) >= 11 is 0. The molecule has 0 bridgehead atoms. The van der Waals surface area contributed by atoms with Crippen LogP contribution in [0.1, 0.15) is 194 Å². The first kappa shape index (κ1) is 60.1. The maximum atomic E-state index is 12.8. The minimum atomic E-state index is -5.03. The summed E-state index contributed by atoms with van der Waals surface area (Å²) in [5.41, 5.74) is 0. The summed E-state index contributed by atoms with van der Waals surface area (Å²) in [6.45, 7) is 4.10. The molecule has 0 aliphatic heterocycles. The fraction of sp³-hybridized carbons (Fsp3) is 0.784. The first-order chi connectivity index (χ1) is 31.0. The summed E-state index contributed by atoms with van der Waals surface area (Å²) in [5.74, 6) is -0.507. The van der Waals surface area contributed by atoms with Crippen LogP contribution in [0.25, 0.3) is 0 Å². The zero-order valence-corrected chi connectivity index (χ0v) is 40.7. The van der Waals surface area contributed by atoms with Crippen molar-refractivity contribution < 1.29 is 58.3 Å². The van der Waals surface area contributed by atoms with Gasteiger partial charge in [-0.15, -0.1) is 0 Å². The van der Waals surface area contributed by atoms with Crippen molar-refractivity contribution in [2.24, 2.45) is 0 Å². The zero-order chi connectivity index (χ0) is 46.9. The maximum Gasteiger partial charge on any atom is 0.472 e. The van der Waals surface area contributed by atoms with Crippen LogP contribution in [0.15, 0.2) is 60.8 Å². The summed E-state index contributed by atoms with van der Waals surface area (Å²) in [6, 6.07) is 0. The molecule has 6 unspecified atom stereocenters. The number of aliphatic hydroxyl groups is 5. The third kappa shape index (κ3) is 32.7. The van der Waals surface area contributed by atoms with E-state index in [2.05, 4.69) is 74.6 Å². The van der Waals surface area contributed by atoms with Gasteiger partial charge in [0.1, 0.15) is 42.7 Å². The van der Waals surface area contributed by atoms with Crippen molar-refractivity contribution in [1.29, 1.82) is 0 Å². The molecule has 0 aromatic rings. The number of ether oxygens (including phenoxy) is 2. The maximum absolute atomic E-state index is 12.8. The molecule has 6 atom stereocenters. The van der Waals surface area contributed by atoms with Crippen LogP contribution < -0.4 is 0 Å². The van der Waals surface area contributed by atoms with Crippen molar-refractivity contribution in [3.05, 3.63) is 60.8 Å². The minimum Gasteiger partial charge on any atom is -0.457 e. The lowest BCUT2D eigenvalue weighted by Gasteiger charge is -2.41. The van der Waals surface area contributed by atoms with E-state index in [4.69, 9.17) is 18.5 Å². The topological polar surface area (TPSA) is 192 Å². The average molecular weight is 927 g/mol. The molecule has 1 fully saturated rings. The Morgan fingerprint density at radius 3 is 1.41 bits per heavy atom. The van der Waals surface area contributed by atoms with Crippen LogP contribution in [-0.2, 0) is 27.9 Å². The Morgan fingerprint density at radius 1 is 0.516 bits per heavy atom. The Labute approximate surface area is 387 Å². The molecule has 1 aliphatic rings. The van der Waals surface area contributed by atoms with Gasteiger partial charge in [-0.2, -0.15) is 0 Å². The summed E-state index contributed by atoms with van der Waals surface area (Å²) in [4.78, 5) is 23.2. The minimum absolute atomic E-state index is 0.0914. The number of esters is 1. The van der Waals surface area contributed by atoms with E-state index in [1.807, 2.05) is 0 Å². The quantitative estimate of drug-likeness (QED) is 0.0147. The van der Waals surface area contributed by atoms with Crippen molar-refractivity contribution >= 4 is 13.8 Å². The first-order valence-corrected chi connectivity index (χ1v) is 26.6. The van der Waals surface area contributed by atoms with Crippen molar-refractivity contribution in [2.75, 3.05) is 19.8 Å². The largest absolute Gasteiger partial charge is 0.472 e. The highest BCUT2D eigenvalue weighted by atomic mass is 31.2. The van der Waals surface area contributed by atoms with E-state index >= 15 is 0 Å². The molecule has 0 saturated heterocycles. The highest BCUT2D eigenvalue weighted by Crippen LogP contribution is 2.47. The van der Waals surface area contributed by atoms with Crippen LogP contribution in [0.2, 0.25) is 0 Å². The number of carbonyl (C=O) groups is 1. The number of phosphoric ester groups is 1. The SMILES string of the molecule is CC/C=C\C/C=C\C/C=C\CCCCCC(=O)OC(COCCCCCCCCCCCCCC/C=C\C/C=C\CCCCCCC)COP(=O)(O)OC1C(O)C(O)C(O)C(O)C1O. The van der Waals surface area contributed by atoms with E-state index in [1.54, 1.807) is 0 Å². The number of allylic oxidation sites excluding steroid dienone is 10. The number of hydrogen-bond acceptors (Lipinski definition) is 11. The molecule has 0 radical (unpaired) electrons. The summed E-state index contributed by atoms with van der Waals surface area (Å²) < 4.78 is 34.2. The molecular formula is C51H91O12P. The van der Waals surface area contributed by atoms with Gasteiger partial charge in [-0.3, -0.25) is 13.8 Å². The van der Waals surface area contributed by atoms with Gasteiger partial charge in [0.2, 0.25) is 0 Å². The number of phosphoric acid groups is 1. The summed E-state index contributed by atoms with van der Waals surface area (Å²) in [5, 5.41) is 50.2. The monoisotopic (exact) mass is 927 g/mol. The third-order valence-electron chi connectivity index (χ3n) is 11.4. The Hall–Kier alpha value is -1.96. The van der Waals surface area contributed by atoms with Crippen LogP contribution in [0.3, 0.4) is 0 Å². The van der Waals surface area contributed by atoms with Crippen molar-refractivity contribution in [1.82, 2.24) is 0 Å². The fourth-order valence-corrected chi connectivity index (χ4v) is 8.37. The van der Waals surface area contributed by atoms with Gasteiger partial charge in [-0.1, -0.05) is 171 Å². The molecule has 12 nitrogen and oxygen atoms in total. The van der Waals surface area contributed by atoms with Crippen LogP contribution in [0, 0.1) is 0 Å². The fourth-order valence-electron chi connectivity index (χ4n) is 7.40. The number of rotatable bonds is 42. The first-order valence-electron chi connectivity index (χ1n) is 25.1. The molecule has 1 aliphatic carbocycles. The van der Waals surface area contributed by atoms with Gasteiger partial charge in [-0.25, -0.2) is 4.57 Å². The highest BCUT2D eigenvalue weighted by Gasteiger charge is 2.51. The van der Waals surface area contributed by atoms with Gasteiger partial charge in [0.25, 0.3) is 0 Å². The number of hydrogen-bond donors (Lipinski definition) is 6. The Balaban J connectivity index is 2.31. The standard InChI is InChI=1S/C51H91O12P/c1-3-5-7-9-11-13-15-17-18-19-20-21-22-23-24-25-26-27-29-31-33-35-37-39-41-60-42-44(43-61-64(58,59)63-51-49(56)47(54)46(53)48(55)50(51)57)62-45(52)40-38-36-34-32-30-28-16-14-12-10-8-6-4-2/h6,8,12,14-15,17,19-20,28,30,44,46-51,53-57H,3-5,7,9-11,13,16,18,21-27,29,31-43H2,1-2H3,(H,58,59)/b8-6-,14-12-,17-15-,20-19-,30-28-. The predicted octanol–water partition coefficient (Wildman–Crippen LogP) is 11.0. The van der Waals surface area contributed by atoms with E-state index in [0.29, 0.717) is 13.0 Å². The zero-order valence-electron chi connectivity index (χ0n) is 39.8. The summed E-state index contributed by atoms with van der Waals surface area (Å²) in [7, 11) is -5.03. The lowest BCUT2D eigenvalue weighted by molar-refractivity contribution is -0.220. The molecule has 0 spiro atoms. The molecule has 0 aromatic carbocycles. The number of aliphatic hydroxyl groups excluding tert-OH is 5. The molecule has 0 amide bonds. The normalized spacial score (nSPS) is 22.2. The van der Waals surface area contributed by atoms with E-state index in [1.165, 1.54) is 103 Å². The lowest BCUT2D eigenvalue weighted by Crippen LogP contribution is -2.64. The van der Waals surface area contributed by atoms with Crippen molar-refractivity contribution in [3.8, 4) is 0 Å². The van der Waals surface area contributed by atoms with Crippen molar-refractivity contribution in [3.63, 3.8) is 0 Å². The van der Waals surface area contributed by atoms with E-state index in [0.717, 1.165) is 64.2 Å².